The summed E-state index contributed by atoms with van der Waals surface area (Å²) in [7, 11) is 2.12. The van der Waals surface area contributed by atoms with E-state index < -0.39 is 0 Å². The van der Waals surface area contributed by atoms with E-state index in [0.29, 0.717) is 0 Å². The number of piperazine rings is 1. The smallest absolute Gasteiger partial charge is 0.134 e. The van der Waals surface area contributed by atoms with E-state index in [2.05, 4.69) is 42.5 Å². The fourth-order valence-corrected chi connectivity index (χ4v) is 4.92. The maximum atomic E-state index is 4.78. The van der Waals surface area contributed by atoms with E-state index in [-0.39, 0.29) is 0 Å². The fraction of sp³-hybridized carbons (Fsp3) is 0.667. The second-order valence-electron chi connectivity index (χ2n) is 8.39. The summed E-state index contributed by atoms with van der Waals surface area (Å²) in [6.07, 6.45) is 9.25. The predicted octanol–water partition coefficient (Wildman–Crippen LogP) is 2.01. The Morgan fingerprint density at radius 1 is 0.821 bits per heavy atom. The molecule has 5 rings (SSSR count). The normalized spacial score (nSPS) is 20.6. The monoisotopic (exact) mass is 381 g/mol. The number of rotatable bonds is 4. The summed E-state index contributed by atoms with van der Waals surface area (Å²) >= 11 is 0. The van der Waals surface area contributed by atoms with Crippen LogP contribution in [-0.2, 0) is 26.4 Å². The number of nitrogens with zero attached hydrogens (tertiary/aromatic N) is 7. The molecular formula is C21H31N7. The third-order valence-corrected chi connectivity index (χ3v) is 6.59. The van der Waals surface area contributed by atoms with Crippen molar-refractivity contribution in [3.05, 3.63) is 29.3 Å². The Hall–Kier alpha value is -2.15. The van der Waals surface area contributed by atoms with Crippen LogP contribution in [0.3, 0.4) is 0 Å². The van der Waals surface area contributed by atoms with Crippen LogP contribution in [0.1, 0.15) is 42.6 Å². The van der Waals surface area contributed by atoms with Crippen molar-refractivity contribution in [2.75, 3.05) is 49.1 Å². The molecule has 2 aromatic rings. The summed E-state index contributed by atoms with van der Waals surface area (Å²) in [6, 6.07) is 2.18. The molecule has 2 fully saturated rings. The van der Waals surface area contributed by atoms with Gasteiger partial charge in [0.15, 0.2) is 0 Å². The summed E-state index contributed by atoms with van der Waals surface area (Å²) in [4.78, 5) is 16.4. The molecule has 7 nitrogen and oxygen atoms in total. The Balaban J connectivity index is 1.22. The zero-order chi connectivity index (χ0) is 18.9. The van der Waals surface area contributed by atoms with Crippen molar-refractivity contribution in [1.29, 1.82) is 0 Å². The Labute approximate surface area is 167 Å². The molecule has 150 valence electrons. The molecule has 2 saturated heterocycles. The second kappa shape index (κ2) is 7.70. The number of aromatic nitrogens is 4. The van der Waals surface area contributed by atoms with Gasteiger partial charge in [0, 0.05) is 58.9 Å². The highest BCUT2D eigenvalue weighted by atomic mass is 15.3. The topological polar surface area (TPSA) is 53.3 Å². The molecule has 3 aliphatic rings. The van der Waals surface area contributed by atoms with Gasteiger partial charge in [-0.15, -0.1) is 0 Å². The summed E-state index contributed by atoms with van der Waals surface area (Å²) in [5, 5.41) is 4.78. The lowest BCUT2D eigenvalue weighted by Gasteiger charge is -2.35. The molecule has 0 unspecified atom stereocenters. The minimum absolute atomic E-state index is 1.02. The van der Waals surface area contributed by atoms with Gasteiger partial charge in [-0.3, -0.25) is 9.58 Å². The van der Waals surface area contributed by atoms with Crippen LogP contribution in [0.2, 0.25) is 0 Å². The van der Waals surface area contributed by atoms with Gasteiger partial charge in [0.25, 0.3) is 0 Å². The zero-order valence-electron chi connectivity index (χ0n) is 17.0. The van der Waals surface area contributed by atoms with Crippen molar-refractivity contribution in [2.45, 2.75) is 45.1 Å². The zero-order valence-corrected chi connectivity index (χ0v) is 17.0. The molecule has 1 aliphatic carbocycles. The first-order valence-electron chi connectivity index (χ1n) is 10.9. The van der Waals surface area contributed by atoms with Crippen LogP contribution >= 0.6 is 0 Å². The molecule has 2 aromatic heterocycles. The standard InChI is InChI=1S/C21H31N7/c1-25-19(17-6-2-3-7-18(17)24-25)15-26-10-12-28(13-11-26)21-14-20(22-16-23-21)27-8-4-5-9-27/h14,16H,2-13,15H2,1H3. The lowest BCUT2D eigenvalue weighted by Crippen LogP contribution is -2.46. The van der Waals surface area contributed by atoms with E-state index in [1.54, 1.807) is 6.33 Å². The van der Waals surface area contributed by atoms with Crippen molar-refractivity contribution >= 4 is 11.6 Å². The van der Waals surface area contributed by atoms with Gasteiger partial charge in [-0.05, 0) is 44.1 Å². The average Bonchev–Trinajstić information content (AvgIpc) is 3.38. The molecule has 0 amide bonds. The SMILES string of the molecule is Cn1nc2c(c1CN1CCN(c3cc(N4CCCC4)ncn3)CC1)CCCC2. The molecule has 2 aliphatic heterocycles. The molecule has 0 spiro atoms. The van der Waals surface area contributed by atoms with Crippen LogP contribution in [0.25, 0.3) is 0 Å². The molecular weight excluding hydrogens is 350 g/mol. The highest BCUT2D eigenvalue weighted by Crippen LogP contribution is 2.26. The number of fused-ring (bicyclic) bond motifs is 1. The molecule has 0 saturated carbocycles. The van der Waals surface area contributed by atoms with Crippen molar-refractivity contribution < 1.29 is 0 Å². The van der Waals surface area contributed by atoms with Crippen molar-refractivity contribution in [3.63, 3.8) is 0 Å². The van der Waals surface area contributed by atoms with Gasteiger partial charge in [0.2, 0.25) is 0 Å². The van der Waals surface area contributed by atoms with E-state index in [0.717, 1.165) is 63.9 Å². The first-order valence-corrected chi connectivity index (χ1v) is 10.9. The molecule has 0 aromatic carbocycles. The summed E-state index contributed by atoms with van der Waals surface area (Å²) in [5.41, 5.74) is 4.31. The van der Waals surface area contributed by atoms with Gasteiger partial charge in [0.1, 0.15) is 18.0 Å². The summed E-state index contributed by atoms with van der Waals surface area (Å²) in [5.74, 6) is 2.17. The van der Waals surface area contributed by atoms with Crippen LogP contribution in [0.4, 0.5) is 11.6 Å². The Kier molecular flexibility index (Phi) is 4.93. The molecule has 0 radical (unpaired) electrons. The van der Waals surface area contributed by atoms with Crippen LogP contribution in [0.15, 0.2) is 12.4 Å². The van der Waals surface area contributed by atoms with E-state index in [1.165, 1.54) is 49.1 Å². The third-order valence-electron chi connectivity index (χ3n) is 6.59. The predicted molar refractivity (Wildman–Crippen MR) is 111 cm³/mol. The molecule has 0 bridgehead atoms. The van der Waals surface area contributed by atoms with Crippen molar-refractivity contribution in [1.82, 2.24) is 24.6 Å². The number of anilines is 2. The van der Waals surface area contributed by atoms with Crippen LogP contribution < -0.4 is 9.80 Å². The van der Waals surface area contributed by atoms with E-state index in [9.17, 15) is 0 Å². The van der Waals surface area contributed by atoms with Gasteiger partial charge in [-0.2, -0.15) is 5.10 Å². The van der Waals surface area contributed by atoms with Gasteiger partial charge >= 0.3 is 0 Å². The van der Waals surface area contributed by atoms with Crippen LogP contribution in [0, 0.1) is 0 Å². The summed E-state index contributed by atoms with van der Waals surface area (Å²) in [6.45, 7) is 7.47. The summed E-state index contributed by atoms with van der Waals surface area (Å²) < 4.78 is 2.13. The lowest BCUT2D eigenvalue weighted by molar-refractivity contribution is 0.242. The minimum Gasteiger partial charge on any atom is -0.356 e. The largest absolute Gasteiger partial charge is 0.356 e. The molecule has 0 N–H and O–H groups in total. The van der Waals surface area contributed by atoms with E-state index in [4.69, 9.17) is 5.10 Å². The number of aryl methyl sites for hydroxylation is 2. The number of hydrogen-bond acceptors (Lipinski definition) is 6. The number of hydrogen-bond donors (Lipinski definition) is 0. The maximum absolute atomic E-state index is 4.78. The highest BCUT2D eigenvalue weighted by Gasteiger charge is 2.24. The van der Waals surface area contributed by atoms with Gasteiger partial charge in [-0.1, -0.05) is 0 Å². The Bertz CT molecular complexity index is 816. The van der Waals surface area contributed by atoms with E-state index >= 15 is 0 Å². The molecule has 0 atom stereocenters. The lowest BCUT2D eigenvalue weighted by atomic mass is 9.95. The van der Waals surface area contributed by atoms with Gasteiger partial charge in [0.05, 0.1) is 11.4 Å². The van der Waals surface area contributed by atoms with Crippen molar-refractivity contribution in [3.8, 4) is 0 Å². The maximum Gasteiger partial charge on any atom is 0.134 e. The highest BCUT2D eigenvalue weighted by molar-refractivity contribution is 5.50. The second-order valence-corrected chi connectivity index (χ2v) is 8.39. The Morgan fingerprint density at radius 2 is 1.50 bits per heavy atom. The quantitative estimate of drug-likeness (QED) is 0.808. The fourth-order valence-electron chi connectivity index (χ4n) is 4.92. The molecule has 7 heteroatoms. The van der Waals surface area contributed by atoms with Crippen LogP contribution in [-0.4, -0.2) is 63.9 Å². The molecule has 4 heterocycles. The first-order chi connectivity index (χ1) is 13.8. The third kappa shape index (κ3) is 3.48. The Morgan fingerprint density at radius 3 is 2.25 bits per heavy atom. The van der Waals surface area contributed by atoms with Gasteiger partial charge < -0.3 is 9.80 Å². The first kappa shape index (κ1) is 17.9. The average molecular weight is 382 g/mol. The minimum atomic E-state index is 1.02. The van der Waals surface area contributed by atoms with Crippen molar-refractivity contribution in [2.24, 2.45) is 7.05 Å². The molecule has 28 heavy (non-hydrogen) atoms. The van der Waals surface area contributed by atoms with Crippen LogP contribution in [0.5, 0.6) is 0 Å². The van der Waals surface area contributed by atoms with E-state index in [1.807, 2.05) is 0 Å². The van der Waals surface area contributed by atoms with Gasteiger partial charge in [-0.25, -0.2) is 9.97 Å².